The van der Waals surface area contributed by atoms with Crippen LogP contribution in [0.4, 0.5) is 15.8 Å². The summed E-state index contributed by atoms with van der Waals surface area (Å²) >= 11 is 7.14. The molecule has 8 nitrogen and oxygen atoms in total. The lowest BCUT2D eigenvalue weighted by Crippen LogP contribution is -2.30. The summed E-state index contributed by atoms with van der Waals surface area (Å²) in [5, 5.41) is 11.9. The molecule has 0 fully saturated rings. The van der Waals surface area contributed by atoms with Gasteiger partial charge in [0.1, 0.15) is 5.82 Å². The maximum Gasteiger partial charge on any atom is 0.234 e. The zero-order chi connectivity index (χ0) is 23.5. The van der Waals surface area contributed by atoms with Gasteiger partial charge in [0.2, 0.25) is 15.9 Å². The van der Waals surface area contributed by atoms with Crippen LogP contribution in [0.5, 0.6) is 0 Å². The van der Waals surface area contributed by atoms with E-state index in [1.807, 2.05) is 13.0 Å². The van der Waals surface area contributed by atoms with E-state index in [-0.39, 0.29) is 18.2 Å². The van der Waals surface area contributed by atoms with Gasteiger partial charge in [0, 0.05) is 17.8 Å². The Morgan fingerprint density at radius 2 is 1.91 bits per heavy atom. The lowest BCUT2D eigenvalue weighted by atomic mass is 10.2. The van der Waals surface area contributed by atoms with Gasteiger partial charge in [-0.3, -0.25) is 9.10 Å². The first-order valence-corrected chi connectivity index (χ1v) is 12.6. The Balaban J connectivity index is 1.69. The van der Waals surface area contributed by atoms with E-state index < -0.39 is 15.8 Å². The van der Waals surface area contributed by atoms with Crippen LogP contribution >= 0.6 is 23.4 Å². The van der Waals surface area contributed by atoms with Crippen LogP contribution in [0.25, 0.3) is 0 Å². The smallest absolute Gasteiger partial charge is 0.234 e. The molecule has 0 aliphatic carbocycles. The number of nitrogens with one attached hydrogen (secondary N) is 1. The zero-order valence-electron chi connectivity index (χ0n) is 17.5. The number of thioether (sulfide) groups is 1. The van der Waals surface area contributed by atoms with Crippen LogP contribution < -0.4 is 9.62 Å². The quantitative estimate of drug-likeness (QED) is 0.477. The van der Waals surface area contributed by atoms with Crippen molar-refractivity contribution < 1.29 is 17.6 Å². The number of anilines is 2. The average molecular weight is 498 g/mol. The highest BCUT2D eigenvalue weighted by Gasteiger charge is 2.22. The van der Waals surface area contributed by atoms with E-state index >= 15 is 0 Å². The molecular weight excluding hydrogens is 477 g/mol. The van der Waals surface area contributed by atoms with Gasteiger partial charge in [-0.25, -0.2) is 12.8 Å². The van der Waals surface area contributed by atoms with Crippen molar-refractivity contribution in [2.45, 2.75) is 18.6 Å². The average Bonchev–Trinajstić information content (AvgIpc) is 3.07. The maximum absolute atomic E-state index is 13.2. The molecule has 2 aromatic carbocycles. The molecule has 1 amide bonds. The van der Waals surface area contributed by atoms with Gasteiger partial charge in [-0.05, 0) is 48.9 Å². The lowest BCUT2D eigenvalue weighted by Gasteiger charge is -2.21. The van der Waals surface area contributed by atoms with Gasteiger partial charge in [0.25, 0.3) is 0 Å². The highest BCUT2D eigenvalue weighted by atomic mass is 35.5. The lowest BCUT2D eigenvalue weighted by molar-refractivity contribution is -0.113. The molecule has 0 spiro atoms. The second kappa shape index (κ2) is 9.88. The minimum atomic E-state index is -3.66. The number of nitrogens with zero attached hydrogens (tertiary/aromatic N) is 4. The first-order valence-electron chi connectivity index (χ1n) is 9.35. The molecular formula is C20H21ClFN5O3S2. The molecule has 0 aliphatic rings. The number of halogens is 2. The number of carbonyl (C=O) groups is 1. The molecule has 0 bridgehead atoms. The molecule has 0 atom stereocenters. The molecule has 12 heteroatoms. The third kappa shape index (κ3) is 5.99. The third-order valence-electron chi connectivity index (χ3n) is 4.53. The van der Waals surface area contributed by atoms with Crippen molar-refractivity contribution in [2.24, 2.45) is 7.05 Å². The topological polar surface area (TPSA) is 97.2 Å². The van der Waals surface area contributed by atoms with Crippen LogP contribution in [0.2, 0.25) is 5.02 Å². The second-order valence-corrected chi connectivity index (χ2v) is 10.3. The van der Waals surface area contributed by atoms with Crippen LogP contribution in [0.1, 0.15) is 11.4 Å². The Labute approximate surface area is 194 Å². The standard InChI is InChI=1S/C20H21ClFN5O3S2/c1-13-4-5-14(21)10-17(13)23-19(28)12-31-20-25-24-18(26(20)2)11-27(32(3,29)30)16-8-6-15(22)7-9-16/h4-10H,11-12H2,1-3H3,(H,23,28). The van der Waals surface area contributed by atoms with Crippen LogP contribution in [-0.2, 0) is 28.4 Å². The summed E-state index contributed by atoms with van der Waals surface area (Å²) in [6.07, 6.45) is 1.06. The summed E-state index contributed by atoms with van der Waals surface area (Å²) in [4.78, 5) is 12.3. The van der Waals surface area contributed by atoms with Crippen molar-refractivity contribution in [1.29, 1.82) is 0 Å². The van der Waals surface area contributed by atoms with E-state index in [9.17, 15) is 17.6 Å². The molecule has 0 aliphatic heterocycles. The number of aryl methyl sites for hydroxylation is 1. The summed E-state index contributed by atoms with van der Waals surface area (Å²) in [6, 6.07) is 10.4. The van der Waals surface area contributed by atoms with Crippen LogP contribution in [0.3, 0.4) is 0 Å². The van der Waals surface area contributed by atoms with E-state index in [1.165, 1.54) is 24.3 Å². The number of amides is 1. The van der Waals surface area contributed by atoms with E-state index in [4.69, 9.17) is 11.6 Å². The summed E-state index contributed by atoms with van der Waals surface area (Å²) in [7, 11) is -1.97. The molecule has 170 valence electrons. The van der Waals surface area contributed by atoms with Gasteiger partial charge in [-0.2, -0.15) is 0 Å². The number of benzene rings is 2. The Hall–Kier alpha value is -2.63. The van der Waals surface area contributed by atoms with E-state index in [0.717, 1.165) is 27.9 Å². The number of sulfonamides is 1. The predicted octanol–water partition coefficient (Wildman–Crippen LogP) is 3.61. The summed E-state index contributed by atoms with van der Waals surface area (Å²) < 4.78 is 40.5. The second-order valence-electron chi connectivity index (χ2n) is 7.00. The molecule has 0 saturated heterocycles. The fourth-order valence-electron chi connectivity index (χ4n) is 2.79. The van der Waals surface area contributed by atoms with Crippen molar-refractivity contribution in [1.82, 2.24) is 14.8 Å². The first kappa shape index (κ1) is 24.0. The largest absolute Gasteiger partial charge is 0.325 e. The highest BCUT2D eigenvalue weighted by molar-refractivity contribution is 7.99. The van der Waals surface area contributed by atoms with Gasteiger partial charge in [0.15, 0.2) is 11.0 Å². The molecule has 3 aromatic rings. The van der Waals surface area contributed by atoms with Crippen molar-refractivity contribution in [3.05, 3.63) is 64.7 Å². The Kier molecular flexibility index (Phi) is 7.42. The van der Waals surface area contributed by atoms with Crippen molar-refractivity contribution in [2.75, 3.05) is 21.6 Å². The molecule has 0 radical (unpaired) electrons. The van der Waals surface area contributed by atoms with Crippen LogP contribution in [-0.4, -0.2) is 41.1 Å². The number of hydrogen-bond donors (Lipinski definition) is 1. The van der Waals surface area contributed by atoms with Crippen molar-refractivity contribution >= 4 is 50.7 Å². The third-order valence-corrected chi connectivity index (χ3v) is 6.93. The fraction of sp³-hybridized carbons (Fsp3) is 0.250. The maximum atomic E-state index is 13.2. The molecule has 0 saturated carbocycles. The first-order chi connectivity index (χ1) is 15.0. The van der Waals surface area contributed by atoms with Gasteiger partial charge in [0.05, 0.1) is 24.2 Å². The summed E-state index contributed by atoms with van der Waals surface area (Å²) in [5.74, 6) is -0.265. The van der Waals surface area contributed by atoms with E-state index in [0.29, 0.717) is 27.4 Å². The molecule has 0 unspecified atom stereocenters. The number of aromatic nitrogens is 3. The van der Waals surface area contributed by atoms with Gasteiger partial charge in [-0.15, -0.1) is 10.2 Å². The van der Waals surface area contributed by atoms with Gasteiger partial charge in [-0.1, -0.05) is 29.4 Å². The molecule has 1 heterocycles. The minimum Gasteiger partial charge on any atom is -0.325 e. The monoisotopic (exact) mass is 497 g/mol. The molecule has 1 aromatic heterocycles. The summed E-state index contributed by atoms with van der Waals surface area (Å²) in [5.41, 5.74) is 1.82. The minimum absolute atomic E-state index is 0.0751. The van der Waals surface area contributed by atoms with Gasteiger partial charge < -0.3 is 9.88 Å². The normalized spacial score (nSPS) is 11.4. The Morgan fingerprint density at radius 3 is 2.56 bits per heavy atom. The number of rotatable bonds is 8. The number of carbonyl (C=O) groups excluding carboxylic acids is 1. The van der Waals surface area contributed by atoms with Crippen molar-refractivity contribution in [3.63, 3.8) is 0 Å². The van der Waals surface area contributed by atoms with Crippen LogP contribution in [0.15, 0.2) is 47.6 Å². The molecule has 1 N–H and O–H groups in total. The number of hydrogen-bond acceptors (Lipinski definition) is 6. The Bertz CT molecular complexity index is 1230. The molecule has 32 heavy (non-hydrogen) atoms. The van der Waals surface area contributed by atoms with E-state index in [1.54, 1.807) is 23.7 Å². The SMILES string of the molecule is Cc1ccc(Cl)cc1NC(=O)CSc1nnc(CN(c2ccc(F)cc2)S(C)(=O)=O)n1C. The van der Waals surface area contributed by atoms with Crippen molar-refractivity contribution in [3.8, 4) is 0 Å². The fourth-order valence-corrected chi connectivity index (χ4v) is 4.55. The van der Waals surface area contributed by atoms with Gasteiger partial charge >= 0.3 is 0 Å². The summed E-state index contributed by atoms with van der Waals surface area (Å²) in [6.45, 7) is 1.77. The predicted molar refractivity (Wildman–Crippen MR) is 124 cm³/mol. The van der Waals surface area contributed by atoms with E-state index in [2.05, 4.69) is 15.5 Å². The molecule has 3 rings (SSSR count). The zero-order valence-corrected chi connectivity index (χ0v) is 19.9. The Morgan fingerprint density at radius 1 is 1.22 bits per heavy atom. The highest BCUT2D eigenvalue weighted by Crippen LogP contribution is 2.24. The van der Waals surface area contributed by atoms with Crippen LogP contribution in [0, 0.1) is 12.7 Å².